The van der Waals surface area contributed by atoms with Gasteiger partial charge in [-0.3, -0.25) is 4.79 Å². The average molecular weight is 206 g/mol. The number of aromatic nitrogens is 3. The molecule has 0 bridgehead atoms. The molecule has 0 aliphatic rings. The van der Waals surface area contributed by atoms with Crippen molar-refractivity contribution in [1.29, 1.82) is 0 Å². The van der Waals surface area contributed by atoms with Gasteiger partial charge in [0.05, 0.1) is 0 Å². The summed E-state index contributed by atoms with van der Waals surface area (Å²) >= 11 is 0. The molecule has 78 valence electrons. The van der Waals surface area contributed by atoms with Gasteiger partial charge in [-0.25, -0.2) is 9.50 Å². The molecule has 2 aromatic heterocycles. The van der Waals surface area contributed by atoms with Gasteiger partial charge < -0.3 is 10.8 Å². The highest BCUT2D eigenvalue weighted by Gasteiger charge is 2.18. The Labute approximate surface area is 85.3 Å². The predicted molar refractivity (Wildman–Crippen MR) is 52.3 cm³/mol. The molecule has 0 saturated heterocycles. The second-order valence-electron chi connectivity index (χ2n) is 3.21. The van der Waals surface area contributed by atoms with Crippen LogP contribution in [-0.4, -0.2) is 25.7 Å². The van der Waals surface area contributed by atoms with E-state index in [2.05, 4.69) is 10.1 Å². The van der Waals surface area contributed by atoms with Crippen LogP contribution in [0.5, 0.6) is 0 Å². The van der Waals surface area contributed by atoms with Gasteiger partial charge in [0.2, 0.25) is 0 Å². The van der Waals surface area contributed by atoms with Gasteiger partial charge in [0.1, 0.15) is 11.9 Å². The number of fused-ring (bicyclic) bond motifs is 1. The zero-order valence-corrected chi connectivity index (χ0v) is 8.08. The molecule has 0 aliphatic heterocycles. The van der Waals surface area contributed by atoms with Gasteiger partial charge >= 0.3 is 5.97 Å². The first-order valence-corrected chi connectivity index (χ1v) is 4.40. The summed E-state index contributed by atoms with van der Waals surface area (Å²) in [5, 5.41) is 12.9. The number of carboxylic acid groups (broad SMARTS) is 1. The Morgan fingerprint density at radius 1 is 1.67 bits per heavy atom. The Bertz CT molecular complexity index is 520. The second-order valence-corrected chi connectivity index (χ2v) is 3.21. The zero-order valence-electron chi connectivity index (χ0n) is 8.08. The normalized spacial score (nSPS) is 12.9. The lowest BCUT2D eigenvalue weighted by Gasteiger charge is -2.06. The van der Waals surface area contributed by atoms with Crippen LogP contribution in [0.1, 0.15) is 17.4 Å². The van der Waals surface area contributed by atoms with E-state index in [-0.39, 0.29) is 0 Å². The fourth-order valence-corrected chi connectivity index (χ4v) is 1.41. The quantitative estimate of drug-likeness (QED) is 0.728. The highest BCUT2D eigenvalue weighted by molar-refractivity contribution is 5.77. The van der Waals surface area contributed by atoms with Crippen molar-refractivity contribution in [3.63, 3.8) is 0 Å². The third kappa shape index (κ3) is 1.55. The van der Waals surface area contributed by atoms with Crippen LogP contribution in [-0.2, 0) is 4.79 Å². The molecular formula is C9H10N4O2. The van der Waals surface area contributed by atoms with E-state index in [1.165, 1.54) is 4.52 Å². The molecule has 15 heavy (non-hydrogen) atoms. The monoisotopic (exact) mass is 206 g/mol. The molecule has 1 unspecified atom stereocenters. The number of carbonyl (C=O) groups is 1. The summed E-state index contributed by atoms with van der Waals surface area (Å²) < 4.78 is 1.52. The summed E-state index contributed by atoms with van der Waals surface area (Å²) in [5.41, 5.74) is 6.49. The SMILES string of the molecule is Cc1nc2c(C(N)C(=O)O)cccn2n1. The van der Waals surface area contributed by atoms with Gasteiger partial charge in [-0.1, -0.05) is 6.07 Å². The highest BCUT2D eigenvalue weighted by Crippen LogP contribution is 2.15. The van der Waals surface area contributed by atoms with E-state index in [1.807, 2.05) is 0 Å². The number of aryl methyl sites for hydroxylation is 1. The molecule has 0 fully saturated rings. The van der Waals surface area contributed by atoms with Crippen molar-refractivity contribution in [2.24, 2.45) is 5.73 Å². The van der Waals surface area contributed by atoms with Gasteiger partial charge in [-0.05, 0) is 13.0 Å². The maximum atomic E-state index is 10.8. The van der Waals surface area contributed by atoms with Gasteiger partial charge in [-0.2, -0.15) is 5.10 Å². The van der Waals surface area contributed by atoms with Gasteiger partial charge in [-0.15, -0.1) is 0 Å². The first kappa shape index (κ1) is 9.60. The van der Waals surface area contributed by atoms with E-state index in [9.17, 15) is 4.79 Å². The molecule has 2 heterocycles. The van der Waals surface area contributed by atoms with Crippen LogP contribution in [0.25, 0.3) is 5.65 Å². The first-order valence-electron chi connectivity index (χ1n) is 4.40. The van der Waals surface area contributed by atoms with Crippen molar-refractivity contribution >= 4 is 11.6 Å². The number of aliphatic carboxylic acids is 1. The molecule has 1 atom stereocenters. The lowest BCUT2D eigenvalue weighted by atomic mass is 10.1. The van der Waals surface area contributed by atoms with Gasteiger partial charge in [0.15, 0.2) is 5.65 Å². The van der Waals surface area contributed by atoms with Crippen molar-refractivity contribution in [3.8, 4) is 0 Å². The summed E-state index contributed by atoms with van der Waals surface area (Å²) in [6, 6.07) is 2.26. The molecule has 0 aromatic carbocycles. The van der Waals surface area contributed by atoms with Crippen molar-refractivity contribution in [1.82, 2.24) is 14.6 Å². The topological polar surface area (TPSA) is 93.5 Å². The summed E-state index contributed by atoms with van der Waals surface area (Å²) in [4.78, 5) is 14.9. The maximum Gasteiger partial charge on any atom is 0.325 e. The molecule has 2 rings (SSSR count). The number of nitrogens with zero attached hydrogens (tertiary/aromatic N) is 3. The van der Waals surface area contributed by atoms with E-state index in [0.29, 0.717) is 17.0 Å². The molecular weight excluding hydrogens is 196 g/mol. The van der Waals surface area contributed by atoms with E-state index in [4.69, 9.17) is 10.8 Å². The fraction of sp³-hybridized carbons (Fsp3) is 0.222. The van der Waals surface area contributed by atoms with Crippen molar-refractivity contribution in [2.75, 3.05) is 0 Å². The Morgan fingerprint density at radius 3 is 3.07 bits per heavy atom. The van der Waals surface area contributed by atoms with E-state index in [1.54, 1.807) is 25.3 Å². The minimum Gasteiger partial charge on any atom is -0.480 e. The van der Waals surface area contributed by atoms with Crippen molar-refractivity contribution in [3.05, 3.63) is 29.7 Å². The second kappa shape index (κ2) is 3.32. The number of pyridine rings is 1. The summed E-state index contributed by atoms with van der Waals surface area (Å²) in [6.45, 7) is 1.74. The van der Waals surface area contributed by atoms with Gasteiger partial charge in [0, 0.05) is 11.8 Å². The minimum atomic E-state index is -1.08. The number of hydrogen-bond donors (Lipinski definition) is 2. The standard InChI is InChI=1S/C9H10N4O2/c1-5-11-8-6(7(10)9(14)15)3-2-4-13(8)12-5/h2-4,7H,10H2,1H3,(H,14,15). The third-order valence-corrected chi connectivity index (χ3v) is 2.10. The summed E-state index contributed by atoms with van der Waals surface area (Å²) in [5.74, 6) is -0.496. The summed E-state index contributed by atoms with van der Waals surface area (Å²) in [7, 11) is 0. The van der Waals surface area contributed by atoms with Crippen LogP contribution in [0.2, 0.25) is 0 Å². The van der Waals surface area contributed by atoms with E-state index < -0.39 is 12.0 Å². The smallest absolute Gasteiger partial charge is 0.325 e. The van der Waals surface area contributed by atoms with Crippen LogP contribution in [0.3, 0.4) is 0 Å². The molecule has 0 saturated carbocycles. The van der Waals surface area contributed by atoms with Crippen molar-refractivity contribution < 1.29 is 9.90 Å². The molecule has 0 radical (unpaired) electrons. The van der Waals surface area contributed by atoms with Crippen LogP contribution in [0.15, 0.2) is 18.3 Å². The van der Waals surface area contributed by atoms with Crippen LogP contribution in [0.4, 0.5) is 0 Å². The fourth-order valence-electron chi connectivity index (χ4n) is 1.41. The number of nitrogens with two attached hydrogens (primary N) is 1. The first-order chi connectivity index (χ1) is 7.09. The van der Waals surface area contributed by atoms with Crippen LogP contribution >= 0.6 is 0 Å². The number of rotatable bonds is 2. The molecule has 6 nitrogen and oxygen atoms in total. The lowest BCUT2D eigenvalue weighted by Crippen LogP contribution is -2.21. The highest BCUT2D eigenvalue weighted by atomic mass is 16.4. The zero-order chi connectivity index (χ0) is 11.0. The largest absolute Gasteiger partial charge is 0.480 e. The van der Waals surface area contributed by atoms with Crippen LogP contribution in [0, 0.1) is 6.92 Å². The molecule has 3 N–H and O–H groups in total. The van der Waals surface area contributed by atoms with E-state index >= 15 is 0 Å². The Hall–Kier alpha value is -1.95. The molecule has 6 heteroatoms. The maximum absolute atomic E-state index is 10.8. The molecule has 0 aliphatic carbocycles. The predicted octanol–water partition coefficient (Wildman–Crippen LogP) is 0.122. The minimum absolute atomic E-state index is 0.464. The number of hydrogen-bond acceptors (Lipinski definition) is 4. The third-order valence-electron chi connectivity index (χ3n) is 2.10. The Kier molecular flexibility index (Phi) is 2.12. The molecule has 2 aromatic rings. The molecule has 0 amide bonds. The Morgan fingerprint density at radius 2 is 2.40 bits per heavy atom. The van der Waals surface area contributed by atoms with Gasteiger partial charge in [0.25, 0.3) is 0 Å². The number of carboxylic acids is 1. The lowest BCUT2D eigenvalue weighted by molar-refractivity contribution is -0.138. The summed E-state index contributed by atoms with van der Waals surface area (Å²) in [6.07, 6.45) is 1.70. The Balaban J connectivity index is 2.64. The molecule has 0 spiro atoms. The van der Waals surface area contributed by atoms with E-state index in [0.717, 1.165) is 0 Å². The average Bonchev–Trinajstić information content (AvgIpc) is 2.56. The van der Waals surface area contributed by atoms with Crippen molar-refractivity contribution in [2.45, 2.75) is 13.0 Å². The van der Waals surface area contributed by atoms with Crippen LogP contribution < -0.4 is 5.73 Å².